The fourth-order valence-electron chi connectivity index (χ4n) is 2.12. The minimum absolute atomic E-state index is 0.380. The van der Waals surface area contributed by atoms with Gasteiger partial charge in [-0.3, -0.25) is 0 Å². The molecule has 1 aromatic heterocycles. The van der Waals surface area contributed by atoms with E-state index in [4.69, 9.17) is 4.74 Å². The van der Waals surface area contributed by atoms with Crippen LogP contribution in [-0.2, 0) is 4.74 Å². The number of ether oxygens (including phenoxy) is 1. The van der Waals surface area contributed by atoms with Crippen molar-refractivity contribution >= 4 is 11.3 Å². The van der Waals surface area contributed by atoms with Crippen molar-refractivity contribution in [3.8, 4) is 0 Å². The van der Waals surface area contributed by atoms with Crippen molar-refractivity contribution in [2.45, 2.75) is 33.2 Å². The first kappa shape index (κ1) is 12.0. The third kappa shape index (κ3) is 2.44. The number of hydrogen-bond acceptors (Lipinski definition) is 4. The summed E-state index contributed by atoms with van der Waals surface area (Å²) in [7, 11) is 0. The number of thiazole rings is 1. The molecule has 1 aliphatic rings. The zero-order valence-electron chi connectivity index (χ0n) is 10.2. The monoisotopic (exact) mass is 240 g/mol. The molecule has 4 heteroatoms. The third-order valence-electron chi connectivity index (χ3n) is 3.17. The maximum absolute atomic E-state index is 5.48. The molecule has 0 aliphatic carbocycles. The van der Waals surface area contributed by atoms with Crippen LogP contribution in [0.3, 0.4) is 0 Å². The highest BCUT2D eigenvalue weighted by molar-refractivity contribution is 7.11. The molecule has 0 saturated carbocycles. The van der Waals surface area contributed by atoms with Crippen molar-refractivity contribution < 1.29 is 4.74 Å². The smallest absolute Gasteiger partial charge is 0.110 e. The molecule has 0 aromatic carbocycles. The van der Waals surface area contributed by atoms with E-state index in [1.54, 1.807) is 0 Å². The molecular formula is C12H20N2OS. The Morgan fingerprint density at radius 2 is 2.38 bits per heavy atom. The molecule has 1 saturated heterocycles. The van der Waals surface area contributed by atoms with E-state index in [0.29, 0.717) is 12.0 Å². The van der Waals surface area contributed by atoms with E-state index >= 15 is 0 Å². The van der Waals surface area contributed by atoms with Crippen molar-refractivity contribution in [2.24, 2.45) is 5.92 Å². The van der Waals surface area contributed by atoms with Gasteiger partial charge in [0, 0.05) is 17.4 Å². The predicted molar refractivity (Wildman–Crippen MR) is 66.9 cm³/mol. The fraction of sp³-hybridized carbons (Fsp3) is 0.750. The quantitative estimate of drug-likeness (QED) is 0.878. The Labute approximate surface area is 101 Å². The van der Waals surface area contributed by atoms with Crippen LogP contribution in [0, 0.1) is 19.8 Å². The summed E-state index contributed by atoms with van der Waals surface area (Å²) in [6, 6.07) is 0.380. The van der Waals surface area contributed by atoms with E-state index in [1.807, 2.05) is 11.3 Å². The van der Waals surface area contributed by atoms with Gasteiger partial charge in [0.1, 0.15) is 5.01 Å². The average molecular weight is 240 g/mol. The Morgan fingerprint density at radius 1 is 1.56 bits per heavy atom. The normalized spacial score (nSPS) is 22.6. The van der Waals surface area contributed by atoms with Crippen LogP contribution in [0.15, 0.2) is 0 Å². The molecule has 0 radical (unpaired) electrons. The van der Waals surface area contributed by atoms with Crippen molar-refractivity contribution in [3.05, 3.63) is 15.6 Å². The molecule has 1 fully saturated rings. The van der Waals surface area contributed by atoms with Gasteiger partial charge in [-0.15, -0.1) is 11.3 Å². The van der Waals surface area contributed by atoms with Crippen LogP contribution in [-0.4, -0.2) is 24.7 Å². The molecule has 3 nitrogen and oxygen atoms in total. The second-order valence-electron chi connectivity index (χ2n) is 4.35. The number of hydrogen-bond donors (Lipinski definition) is 1. The number of nitrogens with zero attached hydrogens (tertiary/aromatic N) is 1. The van der Waals surface area contributed by atoms with Gasteiger partial charge in [0.15, 0.2) is 0 Å². The third-order valence-corrected chi connectivity index (χ3v) is 4.33. The minimum Gasteiger partial charge on any atom is -0.381 e. The summed E-state index contributed by atoms with van der Waals surface area (Å²) in [6.07, 6.45) is 1.15. The molecule has 1 aliphatic heterocycles. The number of aryl methyl sites for hydroxylation is 2. The second-order valence-corrected chi connectivity index (χ2v) is 5.59. The highest BCUT2D eigenvalue weighted by Crippen LogP contribution is 2.32. The van der Waals surface area contributed by atoms with Crippen LogP contribution in [0.5, 0.6) is 0 Å². The molecular weight excluding hydrogens is 220 g/mol. The van der Waals surface area contributed by atoms with E-state index in [2.05, 4.69) is 31.1 Å². The van der Waals surface area contributed by atoms with Crippen molar-refractivity contribution in [3.63, 3.8) is 0 Å². The lowest BCUT2D eigenvalue weighted by Crippen LogP contribution is -2.28. The Bertz CT molecular complexity index is 325. The van der Waals surface area contributed by atoms with Crippen LogP contribution in [0.2, 0.25) is 0 Å². The highest BCUT2D eigenvalue weighted by Gasteiger charge is 2.28. The maximum Gasteiger partial charge on any atom is 0.110 e. The molecule has 2 unspecified atom stereocenters. The van der Waals surface area contributed by atoms with Gasteiger partial charge in [-0.2, -0.15) is 0 Å². The number of rotatable bonds is 4. The maximum atomic E-state index is 5.48. The fourth-order valence-corrected chi connectivity index (χ4v) is 3.21. The Kier molecular flexibility index (Phi) is 3.95. The molecule has 90 valence electrons. The predicted octanol–water partition coefficient (Wildman–Crippen LogP) is 2.45. The molecule has 2 heterocycles. The Morgan fingerprint density at radius 3 is 2.88 bits per heavy atom. The molecule has 0 spiro atoms. The molecule has 0 amide bonds. The van der Waals surface area contributed by atoms with Crippen LogP contribution >= 0.6 is 11.3 Å². The summed E-state index contributed by atoms with van der Waals surface area (Å²) < 4.78 is 5.48. The van der Waals surface area contributed by atoms with Gasteiger partial charge in [-0.1, -0.05) is 6.92 Å². The molecule has 1 aromatic rings. The largest absolute Gasteiger partial charge is 0.381 e. The second kappa shape index (κ2) is 5.25. The van der Waals surface area contributed by atoms with E-state index in [-0.39, 0.29) is 0 Å². The van der Waals surface area contributed by atoms with Crippen LogP contribution < -0.4 is 5.32 Å². The van der Waals surface area contributed by atoms with Crippen molar-refractivity contribution in [2.75, 3.05) is 19.8 Å². The van der Waals surface area contributed by atoms with Gasteiger partial charge < -0.3 is 10.1 Å². The summed E-state index contributed by atoms with van der Waals surface area (Å²) in [5.41, 5.74) is 1.17. The lowest BCUT2D eigenvalue weighted by Gasteiger charge is -2.20. The van der Waals surface area contributed by atoms with Crippen LogP contribution in [0.1, 0.15) is 35.0 Å². The van der Waals surface area contributed by atoms with E-state index in [0.717, 1.165) is 26.2 Å². The van der Waals surface area contributed by atoms with E-state index in [1.165, 1.54) is 15.6 Å². The van der Waals surface area contributed by atoms with Gasteiger partial charge in [0.2, 0.25) is 0 Å². The van der Waals surface area contributed by atoms with E-state index < -0.39 is 0 Å². The topological polar surface area (TPSA) is 34.2 Å². The first-order chi connectivity index (χ1) is 7.72. The summed E-state index contributed by atoms with van der Waals surface area (Å²) in [4.78, 5) is 6.00. The molecule has 2 atom stereocenters. The lowest BCUT2D eigenvalue weighted by molar-refractivity contribution is 0.177. The minimum atomic E-state index is 0.380. The Hall–Kier alpha value is -0.450. The van der Waals surface area contributed by atoms with Gasteiger partial charge in [0.25, 0.3) is 0 Å². The summed E-state index contributed by atoms with van der Waals surface area (Å²) in [5, 5.41) is 4.78. The first-order valence-electron chi connectivity index (χ1n) is 5.97. The first-order valence-corrected chi connectivity index (χ1v) is 6.79. The van der Waals surface area contributed by atoms with Gasteiger partial charge in [-0.25, -0.2) is 4.98 Å². The highest BCUT2D eigenvalue weighted by atomic mass is 32.1. The molecule has 16 heavy (non-hydrogen) atoms. The number of aromatic nitrogens is 1. The molecule has 1 N–H and O–H groups in total. The van der Waals surface area contributed by atoms with Crippen LogP contribution in [0.25, 0.3) is 0 Å². The van der Waals surface area contributed by atoms with Gasteiger partial charge in [-0.05, 0) is 26.8 Å². The van der Waals surface area contributed by atoms with Gasteiger partial charge in [0.05, 0.1) is 18.3 Å². The summed E-state index contributed by atoms with van der Waals surface area (Å²) in [5.74, 6) is 0.588. The van der Waals surface area contributed by atoms with E-state index in [9.17, 15) is 0 Å². The number of nitrogens with one attached hydrogen (secondary N) is 1. The Balaban J connectivity index is 2.17. The van der Waals surface area contributed by atoms with Gasteiger partial charge >= 0.3 is 0 Å². The molecule has 2 rings (SSSR count). The standard InChI is InChI=1S/C12H20N2OS/c1-4-13-11(10-5-6-15-7-10)12-14-8(2)9(3)16-12/h10-11,13H,4-7H2,1-3H3. The van der Waals surface area contributed by atoms with Crippen molar-refractivity contribution in [1.82, 2.24) is 10.3 Å². The lowest BCUT2D eigenvalue weighted by atomic mass is 9.99. The molecule has 0 bridgehead atoms. The SMILES string of the molecule is CCNC(c1nc(C)c(C)s1)C1CCOC1. The average Bonchev–Trinajstić information content (AvgIpc) is 2.86. The summed E-state index contributed by atoms with van der Waals surface area (Å²) in [6.45, 7) is 9.13. The zero-order valence-corrected chi connectivity index (χ0v) is 11.1. The zero-order chi connectivity index (χ0) is 11.5. The van der Waals surface area contributed by atoms with Crippen molar-refractivity contribution in [1.29, 1.82) is 0 Å². The van der Waals surface area contributed by atoms with Crippen LogP contribution in [0.4, 0.5) is 0 Å². The summed E-state index contributed by atoms with van der Waals surface area (Å²) >= 11 is 1.82.